The summed E-state index contributed by atoms with van der Waals surface area (Å²) in [6, 6.07) is -0.000670. The number of hydrogen-bond donors (Lipinski definition) is 1. The predicted octanol–water partition coefficient (Wildman–Crippen LogP) is 2.73. The zero-order valence-electron chi connectivity index (χ0n) is 11.3. The highest BCUT2D eigenvalue weighted by atomic mass is 16.5. The Hall–Kier alpha value is -1.85. The lowest BCUT2D eigenvalue weighted by molar-refractivity contribution is 0.363. The number of nitrogens with zero attached hydrogens (tertiary/aromatic N) is 4. The molecule has 0 spiro atoms. The summed E-state index contributed by atoms with van der Waals surface area (Å²) in [7, 11) is 0. The van der Waals surface area contributed by atoms with Crippen LogP contribution in [0.3, 0.4) is 0 Å². The molecule has 0 aliphatic heterocycles. The third-order valence-electron chi connectivity index (χ3n) is 3.24. The van der Waals surface area contributed by atoms with Gasteiger partial charge in [0.1, 0.15) is 6.04 Å². The van der Waals surface area contributed by atoms with Crippen LogP contribution in [0.1, 0.15) is 56.8 Å². The molecule has 0 bridgehead atoms. The first-order valence-electron chi connectivity index (χ1n) is 6.88. The number of hydrogen-bond acceptors (Lipinski definition) is 5. The van der Waals surface area contributed by atoms with E-state index in [-0.39, 0.29) is 6.04 Å². The molecule has 1 N–H and O–H groups in total. The lowest BCUT2D eigenvalue weighted by atomic mass is 10.3. The van der Waals surface area contributed by atoms with Crippen molar-refractivity contribution in [2.24, 2.45) is 0 Å². The molecule has 102 valence electrons. The molecular weight excluding hydrogens is 242 g/mol. The second-order valence-electron chi connectivity index (χ2n) is 5.12. The standard InChI is InChI=1S/C13H19N5O/c1-3-6-18-8-11(7-14-18)15-9(2)13-16-12(17-19-13)10-4-5-10/h7-10,15H,3-6H2,1-2H3/t9-/m0/s1. The average Bonchev–Trinajstić information content (AvgIpc) is 2.96. The van der Waals surface area contributed by atoms with Gasteiger partial charge in [-0.3, -0.25) is 4.68 Å². The first kappa shape index (κ1) is 12.2. The smallest absolute Gasteiger partial charge is 0.248 e. The van der Waals surface area contributed by atoms with E-state index in [0.717, 1.165) is 24.5 Å². The summed E-state index contributed by atoms with van der Waals surface area (Å²) in [4.78, 5) is 4.44. The van der Waals surface area contributed by atoms with Crippen molar-refractivity contribution >= 4 is 5.69 Å². The van der Waals surface area contributed by atoms with Crippen molar-refractivity contribution in [2.45, 2.75) is 51.6 Å². The normalized spacial score (nSPS) is 16.5. The van der Waals surface area contributed by atoms with Crippen LogP contribution in [0, 0.1) is 0 Å². The van der Waals surface area contributed by atoms with Crippen LogP contribution in [0.15, 0.2) is 16.9 Å². The third-order valence-corrected chi connectivity index (χ3v) is 3.24. The predicted molar refractivity (Wildman–Crippen MR) is 70.8 cm³/mol. The summed E-state index contributed by atoms with van der Waals surface area (Å²) in [5, 5.41) is 11.6. The Labute approximate surface area is 112 Å². The highest BCUT2D eigenvalue weighted by Crippen LogP contribution is 2.38. The second kappa shape index (κ2) is 5.03. The Morgan fingerprint density at radius 3 is 3.11 bits per heavy atom. The quantitative estimate of drug-likeness (QED) is 0.865. The molecule has 0 unspecified atom stereocenters. The van der Waals surface area contributed by atoms with E-state index in [1.807, 2.05) is 24.0 Å². The zero-order valence-corrected chi connectivity index (χ0v) is 11.3. The monoisotopic (exact) mass is 261 g/mol. The Morgan fingerprint density at radius 2 is 2.37 bits per heavy atom. The molecular formula is C13H19N5O. The highest BCUT2D eigenvalue weighted by Gasteiger charge is 2.29. The number of anilines is 1. The van der Waals surface area contributed by atoms with Gasteiger partial charge in [-0.25, -0.2) is 0 Å². The first-order chi connectivity index (χ1) is 9.26. The largest absolute Gasteiger partial charge is 0.371 e. The van der Waals surface area contributed by atoms with E-state index >= 15 is 0 Å². The molecule has 2 aromatic heterocycles. The van der Waals surface area contributed by atoms with Gasteiger partial charge in [-0.2, -0.15) is 10.1 Å². The van der Waals surface area contributed by atoms with Gasteiger partial charge in [0.15, 0.2) is 5.82 Å². The molecule has 19 heavy (non-hydrogen) atoms. The summed E-state index contributed by atoms with van der Waals surface area (Å²) in [5.74, 6) is 2.02. The summed E-state index contributed by atoms with van der Waals surface area (Å²) < 4.78 is 7.23. The van der Waals surface area contributed by atoms with Crippen LogP contribution in [0.5, 0.6) is 0 Å². The van der Waals surface area contributed by atoms with E-state index in [2.05, 4.69) is 27.5 Å². The molecule has 1 aliphatic carbocycles. The topological polar surface area (TPSA) is 68.8 Å². The van der Waals surface area contributed by atoms with Gasteiger partial charge in [-0.1, -0.05) is 12.1 Å². The second-order valence-corrected chi connectivity index (χ2v) is 5.12. The highest BCUT2D eigenvalue weighted by molar-refractivity contribution is 5.39. The fourth-order valence-corrected chi connectivity index (χ4v) is 2.03. The minimum Gasteiger partial charge on any atom is -0.371 e. The number of nitrogens with one attached hydrogen (secondary N) is 1. The van der Waals surface area contributed by atoms with E-state index in [1.165, 1.54) is 12.8 Å². The Balaban J connectivity index is 1.63. The number of aryl methyl sites for hydroxylation is 1. The van der Waals surface area contributed by atoms with E-state index in [4.69, 9.17) is 4.52 Å². The maximum Gasteiger partial charge on any atom is 0.248 e. The number of rotatable bonds is 6. The minimum absolute atomic E-state index is 0.000670. The molecule has 6 nitrogen and oxygen atoms in total. The van der Waals surface area contributed by atoms with Crippen LogP contribution in [-0.4, -0.2) is 19.9 Å². The van der Waals surface area contributed by atoms with Crippen LogP contribution in [0.2, 0.25) is 0 Å². The first-order valence-corrected chi connectivity index (χ1v) is 6.88. The van der Waals surface area contributed by atoms with Crippen molar-refractivity contribution in [1.82, 2.24) is 19.9 Å². The maximum absolute atomic E-state index is 5.30. The minimum atomic E-state index is -0.000670. The molecule has 0 amide bonds. The SMILES string of the molecule is CCCn1cc(N[C@@H](C)c2nc(C3CC3)no2)cn1. The fourth-order valence-electron chi connectivity index (χ4n) is 2.03. The van der Waals surface area contributed by atoms with Gasteiger partial charge in [0.25, 0.3) is 0 Å². The van der Waals surface area contributed by atoms with Crippen molar-refractivity contribution in [2.75, 3.05) is 5.32 Å². The molecule has 1 fully saturated rings. The van der Waals surface area contributed by atoms with Crippen LogP contribution in [0.25, 0.3) is 0 Å². The van der Waals surface area contributed by atoms with Gasteiger partial charge in [0, 0.05) is 18.7 Å². The van der Waals surface area contributed by atoms with Crippen LogP contribution in [0.4, 0.5) is 5.69 Å². The van der Waals surface area contributed by atoms with Crippen LogP contribution in [-0.2, 0) is 6.54 Å². The maximum atomic E-state index is 5.30. The average molecular weight is 261 g/mol. The number of aromatic nitrogens is 4. The summed E-state index contributed by atoms with van der Waals surface area (Å²) >= 11 is 0. The van der Waals surface area contributed by atoms with Crippen LogP contribution < -0.4 is 5.32 Å². The van der Waals surface area contributed by atoms with Gasteiger partial charge in [-0.05, 0) is 26.2 Å². The summed E-state index contributed by atoms with van der Waals surface area (Å²) in [5.41, 5.74) is 0.979. The van der Waals surface area contributed by atoms with Crippen molar-refractivity contribution in [3.8, 4) is 0 Å². The third kappa shape index (κ3) is 2.77. The molecule has 1 saturated carbocycles. The van der Waals surface area contributed by atoms with Gasteiger partial charge in [-0.15, -0.1) is 0 Å². The lowest BCUT2D eigenvalue weighted by Crippen LogP contribution is -2.06. The van der Waals surface area contributed by atoms with Gasteiger partial charge in [0.2, 0.25) is 5.89 Å². The van der Waals surface area contributed by atoms with Crippen molar-refractivity contribution < 1.29 is 4.52 Å². The van der Waals surface area contributed by atoms with Gasteiger partial charge < -0.3 is 9.84 Å². The molecule has 1 atom stereocenters. The van der Waals surface area contributed by atoms with Crippen molar-refractivity contribution in [3.05, 3.63) is 24.1 Å². The molecule has 0 radical (unpaired) electrons. The van der Waals surface area contributed by atoms with E-state index in [9.17, 15) is 0 Å². The van der Waals surface area contributed by atoms with Gasteiger partial charge in [0.05, 0.1) is 11.9 Å². The Kier molecular flexibility index (Phi) is 3.23. The molecule has 0 saturated heterocycles. The molecule has 6 heteroatoms. The molecule has 0 aromatic carbocycles. The van der Waals surface area contributed by atoms with E-state index in [1.54, 1.807) is 0 Å². The molecule has 3 rings (SSSR count). The lowest BCUT2D eigenvalue weighted by Gasteiger charge is -2.08. The van der Waals surface area contributed by atoms with Crippen molar-refractivity contribution in [1.29, 1.82) is 0 Å². The zero-order chi connectivity index (χ0) is 13.2. The molecule has 2 aromatic rings. The summed E-state index contributed by atoms with van der Waals surface area (Å²) in [6.07, 6.45) is 7.27. The molecule has 1 aliphatic rings. The van der Waals surface area contributed by atoms with Crippen molar-refractivity contribution in [3.63, 3.8) is 0 Å². The summed E-state index contributed by atoms with van der Waals surface area (Å²) in [6.45, 7) is 5.08. The Bertz CT molecular complexity index is 543. The van der Waals surface area contributed by atoms with E-state index < -0.39 is 0 Å². The fraction of sp³-hybridized carbons (Fsp3) is 0.615. The molecule has 2 heterocycles. The van der Waals surface area contributed by atoms with E-state index in [0.29, 0.717) is 11.8 Å². The van der Waals surface area contributed by atoms with Gasteiger partial charge >= 0.3 is 0 Å². The van der Waals surface area contributed by atoms with Crippen LogP contribution >= 0.6 is 0 Å². The Morgan fingerprint density at radius 1 is 1.53 bits per heavy atom.